The lowest BCUT2D eigenvalue weighted by Crippen LogP contribution is -2.21. The van der Waals surface area contributed by atoms with E-state index in [4.69, 9.17) is 5.11 Å². The first-order valence-corrected chi connectivity index (χ1v) is 5.45. The van der Waals surface area contributed by atoms with E-state index >= 15 is 0 Å². The summed E-state index contributed by atoms with van der Waals surface area (Å²) < 4.78 is 13.4. The second-order valence-corrected chi connectivity index (χ2v) is 4.14. The van der Waals surface area contributed by atoms with E-state index in [1.54, 1.807) is 13.0 Å². The first kappa shape index (κ1) is 11.6. The number of aliphatic carboxylic acids is 1. The van der Waals surface area contributed by atoms with Gasteiger partial charge in [-0.25, -0.2) is 9.18 Å². The monoisotopic (exact) mass is 232 g/mol. The molecule has 17 heavy (non-hydrogen) atoms. The third-order valence-electron chi connectivity index (χ3n) is 2.97. The molecule has 88 valence electrons. The van der Waals surface area contributed by atoms with Crippen LogP contribution in [0.4, 0.5) is 4.39 Å². The smallest absolute Gasteiger partial charge is 0.338 e. The molecule has 0 fully saturated rings. The number of alkyl halides is 1. The van der Waals surface area contributed by atoms with E-state index in [1.165, 1.54) is 0 Å². The molecule has 0 aliphatic carbocycles. The second kappa shape index (κ2) is 4.53. The molecule has 3 heteroatoms. The first-order chi connectivity index (χ1) is 8.09. The highest BCUT2D eigenvalue weighted by Gasteiger charge is 2.25. The zero-order valence-electron chi connectivity index (χ0n) is 9.43. The molecule has 0 saturated carbocycles. The maximum atomic E-state index is 13.4. The Morgan fingerprint density at radius 1 is 1.18 bits per heavy atom. The van der Waals surface area contributed by atoms with Gasteiger partial charge < -0.3 is 5.11 Å². The van der Waals surface area contributed by atoms with Crippen LogP contribution >= 0.6 is 0 Å². The average Bonchev–Trinajstić information content (AvgIpc) is 2.36. The highest BCUT2D eigenvalue weighted by molar-refractivity contribution is 5.83. The van der Waals surface area contributed by atoms with E-state index in [0.717, 1.165) is 10.8 Å². The fraction of sp³-hybridized carbons (Fsp3) is 0.214. The van der Waals surface area contributed by atoms with Crippen molar-refractivity contribution in [1.29, 1.82) is 0 Å². The Hall–Kier alpha value is -1.90. The Labute approximate surface area is 98.7 Å². The molecule has 0 heterocycles. The minimum atomic E-state index is -1.86. The Bertz CT molecular complexity index is 551. The van der Waals surface area contributed by atoms with E-state index in [9.17, 15) is 9.18 Å². The van der Waals surface area contributed by atoms with Gasteiger partial charge in [0.15, 0.2) is 0 Å². The molecular formula is C14H13FO2. The lowest BCUT2D eigenvalue weighted by atomic mass is 9.94. The standard InChI is InChI=1S/C14H13FO2/c1-9(13(15)14(16)17)11-7-6-10-4-2-3-5-12(10)8-11/h2-9,13H,1H3,(H,16,17). The third kappa shape index (κ3) is 2.28. The molecule has 1 N–H and O–H groups in total. The van der Waals surface area contributed by atoms with Gasteiger partial charge in [-0.05, 0) is 16.3 Å². The number of hydrogen-bond acceptors (Lipinski definition) is 1. The van der Waals surface area contributed by atoms with Crippen molar-refractivity contribution in [3.63, 3.8) is 0 Å². The lowest BCUT2D eigenvalue weighted by molar-refractivity contribution is -0.143. The van der Waals surface area contributed by atoms with Gasteiger partial charge in [-0.2, -0.15) is 0 Å². The Morgan fingerprint density at radius 3 is 2.47 bits per heavy atom. The molecule has 2 aromatic carbocycles. The highest BCUT2D eigenvalue weighted by Crippen LogP contribution is 2.25. The van der Waals surface area contributed by atoms with Crippen molar-refractivity contribution in [2.45, 2.75) is 19.0 Å². The second-order valence-electron chi connectivity index (χ2n) is 4.14. The first-order valence-electron chi connectivity index (χ1n) is 5.45. The van der Waals surface area contributed by atoms with E-state index in [1.807, 2.05) is 36.4 Å². The molecule has 2 aromatic rings. The molecule has 0 radical (unpaired) electrons. The quantitative estimate of drug-likeness (QED) is 0.880. The van der Waals surface area contributed by atoms with E-state index in [2.05, 4.69) is 0 Å². The summed E-state index contributed by atoms with van der Waals surface area (Å²) in [5.41, 5.74) is 0.707. The number of carboxylic acid groups (broad SMARTS) is 1. The predicted molar refractivity (Wildman–Crippen MR) is 64.9 cm³/mol. The van der Waals surface area contributed by atoms with Gasteiger partial charge in [0.25, 0.3) is 0 Å². The van der Waals surface area contributed by atoms with Gasteiger partial charge in [-0.3, -0.25) is 0 Å². The predicted octanol–water partition coefficient (Wildman–Crippen LogP) is 3.37. The van der Waals surface area contributed by atoms with Crippen LogP contribution in [0.15, 0.2) is 42.5 Å². The molecule has 0 aliphatic heterocycles. The van der Waals surface area contributed by atoms with Crippen LogP contribution in [0.25, 0.3) is 10.8 Å². The van der Waals surface area contributed by atoms with Crippen molar-refractivity contribution in [2.24, 2.45) is 0 Å². The number of rotatable bonds is 3. The topological polar surface area (TPSA) is 37.3 Å². The summed E-state index contributed by atoms with van der Waals surface area (Å²) in [4.78, 5) is 10.6. The average molecular weight is 232 g/mol. The van der Waals surface area contributed by atoms with Crippen LogP contribution in [-0.2, 0) is 4.79 Å². The molecule has 0 bridgehead atoms. The summed E-state index contributed by atoms with van der Waals surface area (Å²) >= 11 is 0. The lowest BCUT2D eigenvalue weighted by Gasteiger charge is -2.14. The van der Waals surface area contributed by atoms with Crippen molar-refractivity contribution in [1.82, 2.24) is 0 Å². The summed E-state index contributed by atoms with van der Waals surface area (Å²) in [5.74, 6) is -2.05. The Balaban J connectivity index is 2.39. The third-order valence-corrected chi connectivity index (χ3v) is 2.97. The largest absolute Gasteiger partial charge is 0.479 e. The van der Waals surface area contributed by atoms with Crippen LogP contribution < -0.4 is 0 Å². The van der Waals surface area contributed by atoms with Gasteiger partial charge in [-0.1, -0.05) is 49.4 Å². The van der Waals surface area contributed by atoms with Crippen LogP contribution in [0.2, 0.25) is 0 Å². The van der Waals surface area contributed by atoms with Crippen molar-refractivity contribution in [3.05, 3.63) is 48.0 Å². The molecule has 2 atom stereocenters. The number of carbonyl (C=O) groups is 1. The van der Waals surface area contributed by atoms with Gasteiger partial charge in [0.2, 0.25) is 6.17 Å². The number of fused-ring (bicyclic) bond motifs is 1. The molecule has 0 spiro atoms. The van der Waals surface area contributed by atoms with Gasteiger partial charge in [0.1, 0.15) is 0 Å². The van der Waals surface area contributed by atoms with Gasteiger partial charge in [0, 0.05) is 5.92 Å². The maximum Gasteiger partial charge on any atom is 0.338 e. The van der Waals surface area contributed by atoms with Crippen LogP contribution in [0.5, 0.6) is 0 Å². The molecule has 0 saturated heterocycles. The SMILES string of the molecule is CC(c1ccc2ccccc2c1)C(F)C(=O)O. The van der Waals surface area contributed by atoms with E-state index in [-0.39, 0.29) is 0 Å². The number of halogens is 1. The van der Waals surface area contributed by atoms with E-state index in [0.29, 0.717) is 5.56 Å². The molecule has 2 unspecified atom stereocenters. The number of hydrogen-bond donors (Lipinski definition) is 1. The van der Waals surface area contributed by atoms with Crippen molar-refractivity contribution < 1.29 is 14.3 Å². The van der Waals surface area contributed by atoms with Crippen molar-refractivity contribution in [3.8, 4) is 0 Å². The normalized spacial score (nSPS) is 14.5. The van der Waals surface area contributed by atoms with Crippen molar-refractivity contribution >= 4 is 16.7 Å². The van der Waals surface area contributed by atoms with Crippen LogP contribution in [-0.4, -0.2) is 17.2 Å². The summed E-state index contributed by atoms with van der Waals surface area (Å²) in [7, 11) is 0. The molecule has 0 amide bonds. The fourth-order valence-corrected chi connectivity index (χ4v) is 1.87. The Morgan fingerprint density at radius 2 is 1.82 bits per heavy atom. The van der Waals surface area contributed by atoms with Crippen LogP contribution in [0, 0.1) is 0 Å². The van der Waals surface area contributed by atoms with Gasteiger partial charge in [-0.15, -0.1) is 0 Å². The molecule has 0 aliphatic rings. The van der Waals surface area contributed by atoms with Crippen molar-refractivity contribution in [2.75, 3.05) is 0 Å². The number of benzene rings is 2. The molecule has 0 aromatic heterocycles. The summed E-state index contributed by atoms with van der Waals surface area (Å²) in [6.45, 7) is 1.59. The van der Waals surface area contributed by atoms with Gasteiger partial charge in [0.05, 0.1) is 0 Å². The maximum absolute atomic E-state index is 13.4. The molecular weight excluding hydrogens is 219 g/mol. The fourth-order valence-electron chi connectivity index (χ4n) is 1.87. The minimum Gasteiger partial charge on any atom is -0.479 e. The summed E-state index contributed by atoms with van der Waals surface area (Å²) in [5, 5.41) is 10.7. The molecule has 2 rings (SSSR count). The zero-order chi connectivity index (χ0) is 12.4. The zero-order valence-corrected chi connectivity index (χ0v) is 9.43. The van der Waals surface area contributed by atoms with Gasteiger partial charge >= 0.3 is 5.97 Å². The highest BCUT2D eigenvalue weighted by atomic mass is 19.1. The summed E-state index contributed by atoms with van der Waals surface area (Å²) in [6, 6.07) is 13.2. The molecule has 2 nitrogen and oxygen atoms in total. The van der Waals surface area contributed by atoms with Crippen LogP contribution in [0.1, 0.15) is 18.4 Å². The number of carboxylic acids is 1. The van der Waals surface area contributed by atoms with E-state index < -0.39 is 18.1 Å². The Kier molecular flexibility index (Phi) is 3.09. The summed E-state index contributed by atoms with van der Waals surface area (Å²) in [6.07, 6.45) is -1.86. The van der Waals surface area contributed by atoms with Crippen LogP contribution in [0.3, 0.4) is 0 Å². The minimum absolute atomic E-state index is 0.642.